The number of thioether (sulfide) groups is 1. The minimum atomic E-state index is -1.37. The quantitative estimate of drug-likeness (QED) is 0.258. The summed E-state index contributed by atoms with van der Waals surface area (Å²) in [5.41, 5.74) is 5.65. The number of amidine groups is 1. The number of carboxylic acids is 1. The number of rotatable bonds is 6. The normalized spacial score (nSPS) is 25.6. The summed E-state index contributed by atoms with van der Waals surface area (Å²) in [6.07, 6.45) is 0.223. The molecule has 0 bridgehead atoms. The monoisotopic (exact) mass is 441 g/mol. The Balaban J connectivity index is 1.64. The summed E-state index contributed by atoms with van der Waals surface area (Å²) in [4.78, 5) is 67.4. The lowest BCUT2D eigenvalue weighted by Gasteiger charge is -2.49. The molecule has 0 aliphatic carbocycles. The van der Waals surface area contributed by atoms with Gasteiger partial charge in [-0.25, -0.2) is 14.6 Å². The molecule has 0 radical (unpaired) electrons. The SMILES string of the molecule is CC(=O)O/N=S1\C=C(CC(=O)NC2C(=O)N3C(C(=O)O)=C(C=O)CSC23)N=C1N. The standard InChI is InChI=1S/C15H15N5O7S2/c1-6(22)27-19-29-5-8(17-15(29)16)2-9(23)18-10-12(24)20-11(14(25)26)7(3-21)4-28-13(10)20/h3,5,10,13H,2,4H2,1H3,(H2,16,17)(H,18,23)(H,25,26). The fraction of sp³-hybridized carbons (Fsp3) is 0.333. The molecule has 154 valence electrons. The number of aliphatic carboxylic acids is 1. The lowest BCUT2D eigenvalue weighted by molar-refractivity contribution is -0.150. The number of aldehydes is 1. The van der Waals surface area contributed by atoms with Crippen LogP contribution in [0.4, 0.5) is 0 Å². The van der Waals surface area contributed by atoms with Gasteiger partial charge in [0.1, 0.15) is 23.4 Å². The first kappa shape index (κ1) is 20.7. The Morgan fingerprint density at radius 1 is 1.55 bits per heavy atom. The van der Waals surface area contributed by atoms with Gasteiger partial charge in [-0.05, 0) is 4.53 Å². The van der Waals surface area contributed by atoms with Crippen molar-refractivity contribution in [2.24, 2.45) is 15.3 Å². The molecule has 4 N–H and O–H groups in total. The number of nitrogens with zero attached hydrogens (tertiary/aromatic N) is 3. The van der Waals surface area contributed by atoms with E-state index >= 15 is 0 Å². The summed E-state index contributed by atoms with van der Waals surface area (Å²) in [5, 5.41) is 12.8. The highest BCUT2D eigenvalue weighted by atomic mass is 32.2. The first-order chi connectivity index (χ1) is 13.7. The van der Waals surface area contributed by atoms with E-state index in [2.05, 4.69) is 19.7 Å². The third kappa shape index (κ3) is 4.07. The van der Waals surface area contributed by atoms with Gasteiger partial charge in [-0.3, -0.25) is 19.3 Å². The highest BCUT2D eigenvalue weighted by Gasteiger charge is 2.54. The van der Waals surface area contributed by atoms with Gasteiger partial charge < -0.3 is 21.0 Å². The van der Waals surface area contributed by atoms with Gasteiger partial charge in [-0.15, -0.1) is 11.8 Å². The maximum Gasteiger partial charge on any atom is 0.353 e. The minimum Gasteiger partial charge on any atom is -0.477 e. The summed E-state index contributed by atoms with van der Waals surface area (Å²) in [6, 6.07) is -0.914. The highest BCUT2D eigenvalue weighted by molar-refractivity contribution is 8.05. The fourth-order valence-electron chi connectivity index (χ4n) is 2.76. The number of carboxylic acid groups (broad SMARTS) is 1. The van der Waals surface area contributed by atoms with Crippen LogP contribution in [0.15, 0.2) is 31.9 Å². The minimum absolute atomic E-state index is 0.0152. The summed E-state index contributed by atoms with van der Waals surface area (Å²) in [6.45, 7) is 1.18. The van der Waals surface area contributed by atoms with Crippen molar-refractivity contribution in [2.75, 3.05) is 5.75 Å². The molecule has 0 aromatic rings. The van der Waals surface area contributed by atoms with Crippen LogP contribution in [0.3, 0.4) is 0 Å². The Kier molecular flexibility index (Phi) is 5.83. The predicted octanol–water partition coefficient (Wildman–Crippen LogP) is -1.24. The van der Waals surface area contributed by atoms with E-state index < -0.39 is 45.9 Å². The number of β-lactam (4-membered cyclic amide) rings is 1. The van der Waals surface area contributed by atoms with Crippen LogP contribution in [0, 0.1) is 0 Å². The number of nitrogens with two attached hydrogens (primary N) is 1. The van der Waals surface area contributed by atoms with E-state index in [1.54, 1.807) is 0 Å². The van der Waals surface area contributed by atoms with Crippen LogP contribution in [0.25, 0.3) is 0 Å². The number of hydrogen-bond acceptors (Lipinski definition) is 10. The van der Waals surface area contributed by atoms with E-state index in [-0.39, 0.29) is 28.6 Å². The largest absolute Gasteiger partial charge is 0.477 e. The smallest absolute Gasteiger partial charge is 0.353 e. The van der Waals surface area contributed by atoms with Crippen LogP contribution in [-0.2, 0) is 39.5 Å². The van der Waals surface area contributed by atoms with Crippen molar-refractivity contribution in [2.45, 2.75) is 24.8 Å². The van der Waals surface area contributed by atoms with Gasteiger partial charge in [0, 0.05) is 34.3 Å². The number of amides is 2. The Hall–Kier alpha value is -3.00. The Bertz CT molecular complexity index is 955. The van der Waals surface area contributed by atoms with Crippen molar-refractivity contribution in [3.63, 3.8) is 0 Å². The van der Waals surface area contributed by atoms with Gasteiger partial charge >= 0.3 is 11.9 Å². The zero-order valence-electron chi connectivity index (χ0n) is 14.9. The van der Waals surface area contributed by atoms with Gasteiger partial charge in [0.25, 0.3) is 5.91 Å². The zero-order chi connectivity index (χ0) is 21.3. The molecule has 0 saturated carbocycles. The van der Waals surface area contributed by atoms with E-state index in [0.717, 1.165) is 4.90 Å². The van der Waals surface area contributed by atoms with Crippen molar-refractivity contribution in [3.8, 4) is 0 Å². The number of fused-ring (bicyclic) bond motifs is 1. The molecule has 3 aliphatic heterocycles. The summed E-state index contributed by atoms with van der Waals surface area (Å²) >= 11 is 1.19. The molecule has 3 unspecified atom stereocenters. The van der Waals surface area contributed by atoms with E-state index in [0.29, 0.717) is 12.0 Å². The van der Waals surface area contributed by atoms with Gasteiger partial charge in [0.2, 0.25) is 5.91 Å². The molecule has 3 rings (SSSR count). The molecule has 14 heteroatoms. The van der Waals surface area contributed by atoms with Crippen LogP contribution in [0.2, 0.25) is 0 Å². The van der Waals surface area contributed by atoms with E-state index in [4.69, 9.17) is 5.73 Å². The maximum atomic E-state index is 12.4. The number of carbonyl (C=O) groups excluding carboxylic acids is 4. The van der Waals surface area contributed by atoms with Gasteiger partial charge in [0.05, 0.1) is 12.1 Å². The second-order valence-corrected chi connectivity index (χ2v) is 8.50. The van der Waals surface area contributed by atoms with Crippen molar-refractivity contribution >= 4 is 57.7 Å². The molecule has 12 nitrogen and oxygen atoms in total. The predicted molar refractivity (Wildman–Crippen MR) is 102 cm³/mol. The number of hydrogen-bond donors (Lipinski definition) is 3. The topological polar surface area (TPSA) is 181 Å². The Labute approximate surface area is 170 Å². The Morgan fingerprint density at radius 3 is 2.90 bits per heavy atom. The van der Waals surface area contributed by atoms with E-state index in [1.807, 2.05) is 0 Å². The van der Waals surface area contributed by atoms with E-state index in [1.165, 1.54) is 24.1 Å². The molecule has 2 amide bonds. The van der Waals surface area contributed by atoms with Crippen LogP contribution < -0.4 is 11.1 Å². The molecule has 3 aliphatic rings. The molecular weight excluding hydrogens is 426 g/mol. The third-order valence-electron chi connectivity index (χ3n) is 3.96. The number of aliphatic imine (C=N–C) groups is 1. The maximum absolute atomic E-state index is 12.4. The summed E-state index contributed by atoms with van der Waals surface area (Å²) < 4.78 is 3.62. The second-order valence-electron chi connectivity index (χ2n) is 5.96. The lowest BCUT2D eigenvalue weighted by Crippen LogP contribution is -2.70. The third-order valence-corrected chi connectivity index (χ3v) is 6.52. The van der Waals surface area contributed by atoms with Gasteiger partial charge in [-0.1, -0.05) is 0 Å². The Morgan fingerprint density at radius 2 is 2.28 bits per heavy atom. The molecule has 0 aromatic heterocycles. The second kappa shape index (κ2) is 8.16. The molecular formula is C15H15N5O7S2. The van der Waals surface area contributed by atoms with E-state index in [9.17, 15) is 29.1 Å². The highest BCUT2D eigenvalue weighted by Crippen LogP contribution is 2.39. The van der Waals surface area contributed by atoms with Crippen LogP contribution in [-0.4, -0.2) is 62.4 Å². The molecule has 1 saturated heterocycles. The van der Waals surface area contributed by atoms with Crippen LogP contribution in [0.5, 0.6) is 0 Å². The number of carbonyl (C=O) groups is 5. The molecule has 29 heavy (non-hydrogen) atoms. The zero-order valence-corrected chi connectivity index (χ0v) is 16.5. The fourth-order valence-corrected chi connectivity index (χ4v) is 5.08. The molecule has 1 fully saturated rings. The first-order valence-corrected chi connectivity index (χ1v) is 10.3. The first-order valence-electron chi connectivity index (χ1n) is 8.05. The molecule has 0 spiro atoms. The number of nitrogens with one attached hydrogen (secondary N) is 1. The van der Waals surface area contributed by atoms with Crippen LogP contribution in [0.1, 0.15) is 13.3 Å². The van der Waals surface area contributed by atoms with Crippen LogP contribution >= 0.6 is 11.8 Å². The molecule has 0 aromatic carbocycles. The molecule has 3 atom stereocenters. The summed E-state index contributed by atoms with van der Waals surface area (Å²) in [7, 11) is -1.08. The van der Waals surface area contributed by atoms with Crippen molar-refractivity contribution in [1.82, 2.24) is 10.2 Å². The summed E-state index contributed by atoms with van der Waals surface area (Å²) in [5.74, 6) is -3.00. The average Bonchev–Trinajstić information content (AvgIpc) is 3.01. The lowest BCUT2D eigenvalue weighted by atomic mass is 10.0. The van der Waals surface area contributed by atoms with Crippen molar-refractivity contribution in [1.29, 1.82) is 0 Å². The average molecular weight is 441 g/mol. The van der Waals surface area contributed by atoms with Crippen molar-refractivity contribution < 1.29 is 33.9 Å². The van der Waals surface area contributed by atoms with Gasteiger partial charge in [-0.2, -0.15) is 0 Å². The van der Waals surface area contributed by atoms with Gasteiger partial charge in [0.15, 0.2) is 5.17 Å². The molecule has 3 heterocycles. The van der Waals surface area contributed by atoms with Crippen molar-refractivity contribution in [3.05, 3.63) is 22.4 Å².